The van der Waals surface area contributed by atoms with Gasteiger partial charge in [0.1, 0.15) is 0 Å². The Morgan fingerprint density at radius 3 is 1.41 bits per heavy atom. The van der Waals surface area contributed by atoms with Gasteiger partial charge in [-0.05, 0) is 105 Å². The molecular formula is C49H30. The van der Waals surface area contributed by atoms with E-state index in [1.54, 1.807) is 0 Å². The summed E-state index contributed by atoms with van der Waals surface area (Å²) >= 11 is 0. The van der Waals surface area contributed by atoms with E-state index >= 15 is 0 Å². The predicted molar refractivity (Wildman–Crippen MR) is 206 cm³/mol. The van der Waals surface area contributed by atoms with E-state index in [9.17, 15) is 0 Å². The number of benzene rings is 9. The third-order valence-corrected chi connectivity index (χ3v) is 11.3. The van der Waals surface area contributed by atoms with Crippen LogP contribution in [0.4, 0.5) is 0 Å². The maximum atomic E-state index is 2.54. The van der Waals surface area contributed by atoms with Crippen LogP contribution in [0.3, 0.4) is 0 Å². The molecule has 9 aromatic carbocycles. The molecule has 2 aliphatic carbocycles. The van der Waals surface area contributed by atoms with Crippen molar-refractivity contribution in [1.82, 2.24) is 0 Å². The molecule has 0 amide bonds. The molecule has 2 aliphatic rings. The standard InChI is InChI=1S/C49H30/c1-2-14-31(15-3-1)46-38-20-4-6-22-40(38)47(41-23-7-5-21-39(41)46)33-28-29-36-34-18-8-10-25-42(34)49(45(36)30-33)43-26-11-9-19-35(43)37-24-12-16-32-17-13-27-44(49)48(32)37/h1-30H. The second-order valence-corrected chi connectivity index (χ2v) is 13.5. The molecular weight excluding hydrogens is 589 g/mol. The zero-order valence-electron chi connectivity index (χ0n) is 26.8. The third-order valence-electron chi connectivity index (χ3n) is 11.3. The van der Waals surface area contributed by atoms with Crippen molar-refractivity contribution in [3.05, 3.63) is 204 Å². The van der Waals surface area contributed by atoms with E-state index < -0.39 is 5.41 Å². The highest BCUT2D eigenvalue weighted by Crippen LogP contribution is 2.62. The first-order valence-electron chi connectivity index (χ1n) is 17.2. The molecule has 0 heterocycles. The minimum absolute atomic E-state index is 0.442. The molecule has 0 bridgehead atoms. The zero-order valence-corrected chi connectivity index (χ0v) is 26.8. The summed E-state index contributed by atoms with van der Waals surface area (Å²) in [6.45, 7) is 0. The van der Waals surface area contributed by atoms with Crippen LogP contribution in [0.1, 0.15) is 22.3 Å². The lowest BCUT2D eigenvalue weighted by Crippen LogP contribution is -2.31. The fourth-order valence-corrected chi connectivity index (χ4v) is 9.44. The van der Waals surface area contributed by atoms with Crippen LogP contribution in [-0.2, 0) is 5.41 Å². The fourth-order valence-electron chi connectivity index (χ4n) is 9.44. The first-order chi connectivity index (χ1) is 24.3. The van der Waals surface area contributed by atoms with Gasteiger partial charge in [0.05, 0.1) is 5.41 Å². The molecule has 0 heteroatoms. The normalized spacial score (nSPS) is 15.4. The molecule has 1 unspecified atom stereocenters. The highest BCUT2D eigenvalue weighted by Gasteiger charge is 2.50. The Labute approximate surface area is 285 Å². The molecule has 0 saturated heterocycles. The van der Waals surface area contributed by atoms with Crippen LogP contribution in [0, 0.1) is 0 Å². The van der Waals surface area contributed by atoms with E-state index in [2.05, 4.69) is 182 Å². The first kappa shape index (κ1) is 26.8. The molecule has 1 spiro atoms. The van der Waals surface area contributed by atoms with Gasteiger partial charge >= 0.3 is 0 Å². The Hall–Kier alpha value is -6.24. The van der Waals surface area contributed by atoms with Gasteiger partial charge in [0, 0.05) is 0 Å². The molecule has 0 fully saturated rings. The van der Waals surface area contributed by atoms with Crippen molar-refractivity contribution in [2.45, 2.75) is 5.41 Å². The van der Waals surface area contributed by atoms with E-state index in [-0.39, 0.29) is 0 Å². The molecule has 0 nitrogen and oxygen atoms in total. The smallest absolute Gasteiger partial charge is 0.0622 e. The van der Waals surface area contributed by atoms with Crippen molar-refractivity contribution in [2.24, 2.45) is 0 Å². The van der Waals surface area contributed by atoms with Gasteiger partial charge in [0.15, 0.2) is 0 Å². The van der Waals surface area contributed by atoms with Gasteiger partial charge in [0.2, 0.25) is 0 Å². The van der Waals surface area contributed by atoms with Gasteiger partial charge in [-0.2, -0.15) is 0 Å². The lowest BCUT2D eigenvalue weighted by atomic mass is 9.61. The third kappa shape index (κ3) is 3.43. The van der Waals surface area contributed by atoms with Crippen LogP contribution in [0.5, 0.6) is 0 Å². The summed E-state index contributed by atoms with van der Waals surface area (Å²) in [4.78, 5) is 0. The maximum absolute atomic E-state index is 2.54. The Balaban J connectivity index is 1.29. The Bertz CT molecular complexity index is 2760. The van der Waals surface area contributed by atoms with E-state index in [1.165, 1.54) is 99.1 Å². The van der Waals surface area contributed by atoms with Crippen LogP contribution in [-0.4, -0.2) is 0 Å². The van der Waals surface area contributed by atoms with E-state index in [1.807, 2.05) is 0 Å². The molecule has 1 atom stereocenters. The summed E-state index contributed by atoms with van der Waals surface area (Å²) in [6.07, 6.45) is 0. The lowest BCUT2D eigenvalue weighted by Gasteiger charge is -2.40. The Kier molecular flexibility index (Phi) is 5.41. The van der Waals surface area contributed by atoms with Gasteiger partial charge in [-0.15, -0.1) is 0 Å². The molecule has 11 rings (SSSR count). The van der Waals surface area contributed by atoms with Gasteiger partial charge in [-0.3, -0.25) is 0 Å². The second-order valence-electron chi connectivity index (χ2n) is 13.5. The number of fused-ring (bicyclic) bond motifs is 11. The minimum atomic E-state index is -0.442. The summed E-state index contributed by atoms with van der Waals surface area (Å²) in [5.74, 6) is 0. The number of hydrogen-bond acceptors (Lipinski definition) is 0. The SMILES string of the molecule is c1ccc(-c2c3ccccc3c(-c3ccc4c(c3)C3(c5ccccc5-4)c4ccccc4-c4cccc5cccc3c45)c3ccccc23)cc1. The van der Waals surface area contributed by atoms with Crippen molar-refractivity contribution in [1.29, 1.82) is 0 Å². The molecule has 0 radical (unpaired) electrons. The predicted octanol–water partition coefficient (Wildman–Crippen LogP) is 12.8. The van der Waals surface area contributed by atoms with Gasteiger partial charge in [-0.25, -0.2) is 0 Å². The van der Waals surface area contributed by atoms with E-state index in [4.69, 9.17) is 0 Å². The average Bonchev–Trinajstić information content (AvgIpc) is 3.46. The highest BCUT2D eigenvalue weighted by molar-refractivity contribution is 6.21. The largest absolute Gasteiger partial charge is 0.0725 e. The van der Waals surface area contributed by atoms with Crippen molar-refractivity contribution in [3.8, 4) is 44.5 Å². The summed E-state index contributed by atoms with van der Waals surface area (Å²) in [6, 6.07) is 68.1. The monoisotopic (exact) mass is 618 g/mol. The second kappa shape index (κ2) is 9.89. The average molecular weight is 619 g/mol. The van der Waals surface area contributed by atoms with Crippen LogP contribution in [0.15, 0.2) is 182 Å². The van der Waals surface area contributed by atoms with Crippen LogP contribution in [0.2, 0.25) is 0 Å². The minimum Gasteiger partial charge on any atom is -0.0622 e. The summed E-state index contributed by atoms with van der Waals surface area (Å²) in [5.41, 5.74) is 15.4. The Morgan fingerprint density at radius 2 is 0.755 bits per heavy atom. The lowest BCUT2D eigenvalue weighted by molar-refractivity contribution is 0.774. The number of rotatable bonds is 2. The van der Waals surface area contributed by atoms with Crippen molar-refractivity contribution < 1.29 is 0 Å². The summed E-state index contributed by atoms with van der Waals surface area (Å²) < 4.78 is 0. The van der Waals surface area contributed by atoms with Gasteiger partial charge in [0.25, 0.3) is 0 Å². The molecule has 0 aliphatic heterocycles. The quantitative estimate of drug-likeness (QED) is 0.169. The van der Waals surface area contributed by atoms with Crippen molar-refractivity contribution in [3.63, 3.8) is 0 Å². The summed E-state index contributed by atoms with van der Waals surface area (Å²) in [5, 5.41) is 7.77. The molecule has 9 aromatic rings. The Morgan fingerprint density at radius 1 is 0.286 bits per heavy atom. The molecule has 226 valence electrons. The maximum Gasteiger partial charge on any atom is 0.0725 e. The van der Waals surface area contributed by atoms with Crippen molar-refractivity contribution >= 4 is 32.3 Å². The van der Waals surface area contributed by atoms with Crippen LogP contribution in [0.25, 0.3) is 76.8 Å². The zero-order chi connectivity index (χ0) is 32.1. The fraction of sp³-hybridized carbons (Fsp3) is 0.0204. The van der Waals surface area contributed by atoms with E-state index in [0.717, 1.165) is 0 Å². The van der Waals surface area contributed by atoms with Crippen LogP contribution >= 0.6 is 0 Å². The van der Waals surface area contributed by atoms with Crippen LogP contribution < -0.4 is 0 Å². The first-order valence-corrected chi connectivity index (χ1v) is 17.2. The van der Waals surface area contributed by atoms with Crippen molar-refractivity contribution in [2.75, 3.05) is 0 Å². The van der Waals surface area contributed by atoms with Gasteiger partial charge in [-0.1, -0.05) is 176 Å². The summed E-state index contributed by atoms with van der Waals surface area (Å²) in [7, 11) is 0. The molecule has 0 aromatic heterocycles. The molecule has 0 saturated carbocycles. The highest BCUT2D eigenvalue weighted by atomic mass is 14.5. The topological polar surface area (TPSA) is 0 Å². The van der Waals surface area contributed by atoms with E-state index in [0.29, 0.717) is 0 Å². The molecule has 49 heavy (non-hydrogen) atoms. The van der Waals surface area contributed by atoms with Gasteiger partial charge < -0.3 is 0 Å². The number of hydrogen-bond donors (Lipinski definition) is 0. The molecule has 0 N–H and O–H groups in total.